The average molecular weight is 323 g/mol. The van der Waals surface area contributed by atoms with Gasteiger partial charge < -0.3 is 5.32 Å². The van der Waals surface area contributed by atoms with E-state index in [-0.39, 0.29) is 11.3 Å². The summed E-state index contributed by atoms with van der Waals surface area (Å²) in [6.07, 6.45) is 1.52. The number of nitrogens with one attached hydrogen (secondary N) is 1. The summed E-state index contributed by atoms with van der Waals surface area (Å²) >= 11 is 0. The molecule has 0 fully saturated rings. The molecule has 1 amide bonds. The summed E-state index contributed by atoms with van der Waals surface area (Å²) in [5, 5.41) is 2.61. The Morgan fingerprint density at radius 3 is 2.45 bits per heavy atom. The zero-order valence-corrected chi connectivity index (χ0v) is 12.7. The van der Waals surface area contributed by atoms with Crippen LogP contribution >= 0.6 is 0 Å². The average Bonchev–Trinajstić information content (AvgIpc) is 2.49. The quantitative estimate of drug-likeness (QED) is 0.920. The van der Waals surface area contributed by atoms with Crippen molar-refractivity contribution in [3.8, 4) is 0 Å². The van der Waals surface area contributed by atoms with Gasteiger partial charge in [-0.2, -0.15) is 0 Å². The smallest absolute Gasteiger partial charge is 0.254 e. The van der Waals surface area contributed by atoms with Gasteiger partial charge in [0.15, 0.2) is 11.6 Å². The van der Waals surface area contributed by atoms with Gasteiger partial charge >= 0.3 is 0 Å². The van der Waals surface area contributed by atoms with Gasteiger partial charge in [0.2, 0.25) is 0 Å². The van der Waals surface area contributed by atoms with Crippen molar-refractivity contribution in [1.82, 2.24) is 5.32 Å². The predicted octanol–water partition coefficient (Wildman–Crippen LogP) is 2.81. The Morgan fingerprint density at radius 2 is 1.82 bits per heavy atom. The van der Waals surface area contributed by atoms with Crippen LogP contribution in [0.25, 0.3) is 0 Å². The zero-order chi connectivity index (χ0) is 16.1. The highest BCUT2D eigenvalue weighted by Gasteiger charge is 2.20. The number of carbonyl (C=O) groups excluding carboxylic acids is 1. The van der Waals surface area contributed by atoms with E-state index in [9.17, 15) is 17.8 Å². The van der Waals surface area contributed by atoms with Crippen molar-refractivity contribution < 1.29 is 17.8 Å². The van der Waals surface area contributed by atoms with Crippen molar-refractivity contribution in [1.29, 1.82) is 0 Å². The third-order valence-electron chi connectivity index (χ3n) is 3.10. The van der Waals surface area contributed by atoms with Gasteiger partial charge in [0.05, 0.1) is 11.6 Å². The second kappa shape index (κ2) is 7.26. The lowest BCUT2D eigenvalue weighted by atomic mass is 10.1. The first-order valence-electron chi connectivity index (χ1n) is 6.59. The van der Waals surface area contributed by atoms with Crippen molar-refractivity contribution >= 4 is 16.7 Å². The summed E-state index contributed by atoms with van der Waals surface area (Å²) in [6.45, 7) is 0. The second-order valence-corrected chi connectivity index (χ2v) is 6.26. The number of amides is 1. The Morgan fingerprint density at radius 1 is 1.14 bits per heavy atom. The molecule has 0 saturated heterocycles. The molecule has 0 aliphatic rings. The van der Waals surface area contributed by atoms with Gasteiger partial charge in [-0.15, -0.1) is 0 Å². The molecule has 0 aliphatic carbocycles. The van der Waals surface area contributed by atoms with Gasteiger partial charge in [0.25, 0.3) is 5.91 Å². The molecule has 2 aromatic rings. The summed E-state index contributed by atoms with van der Waals surface area (Å²) in [5.74, 6) is -2.82. The van der Waals surface area contributed by atoms with E-state index in [1.165, 1.54) is 18.4 Å². The SMILES string of the molecule is C[S@](=O)C[C@H](NC(=O)c1cccc(F)c1F)c1ccccc1. The lowest BCUT2D eigenvalue weighted by Gasteiger charge is -2.18. The van der Waals surface area contributed by atoms with Crippen LogP contribution in [0.2, 0.25) is 0 Å². The highest BCUT2D eigenvalue weighted by molar-refractivity contribution is 7.84. The van der Waals surface area contributed by atoms with Gasteiger partial charge in [0, 0.05) is 22.8 Å². The van der Waals surface area contributed by atoms with E-state index in [0.717, 1.165) is 11.6 Å². The fraction of sp³-hybridized carbons (Fsp3) is 0.188. The second-order valence-electron chi connectivity index (χ2n) is 4.78. The van der Waals surface area contributed by atoms with Gasteiger partial charge in [-0.3, -0.25) is 9.00 Å². The van der Waals surface area contributed by atoms with Crippen molar-refractivity contribution in [3.05, 3.63) is 71.3 Å². The largest absolute Gasteiger partial charge is 0.344 e. The summed E-state index contributed by atoms with van der Waals surface area (Å²) < 4.78 is 38.4. The Kier molecular flexibility index (Phi) is 5.38. The zero-order valence-electron chi connectivity index (χ0n) is 11.9. The first-order valence-corrected chi connectivity index (χ1v) is 8.31. The molecular weight excluding hydrogens is 308 g/mol. The van der Waals surface area contributed by atoms with Crippen molar-refractivity contribution in [2.75, 3.05) is 12.0 Å². The molecule has 0 saturated carbocycles. The van der Waals surface area contributed by atoms with Crippen LogP contribution in [0.3, 0.4) is 0 Å². The molecule has 22 heavy (non-hydrogen) atoms. The molecule has 0 radical (unpaired) electrons. The first kappa shape index (κ1) is 16.3. The lowest BCUT2D eigenvalue weighted by Crippen LogP contribution is -2.32. The lowest BCUT2D eigenvalue weighted by molar-refractivity contribution is 0.0935. The molecule has 0 aromatic heterocycles. The molecule has 0 spiro atoms. The number of hydrogen-bond acceptors (Lipinski definition) is 2. The van der Waals surface area contributed by atoms with E-state index in [4.69, 9.17) is 0 Å². The third-order valence-corrected chi connectivity index (χ3v) is 3.91. The number of halogens is 2. The standard InChI is InChI=1S/C16H15F2NO2S/c1-22(21)10-14(11-6-3-2-4-7-11)19-16(20)12-8-5-9-13(17)15(12)18/h2-9,14H,10H2,1H3,(H,19,20)/t14-,22-/m0/s1. The van der Waals surface area contributed by atoms with Crippen molar-refractivity contribution in [3.63, 3.8) is 0 Å². The highest BCUT2D eigenvalue weighted by atomic mass is 32.2. The molecule has 116 valence electrons. The van der Waals surface area contributed by atoms with E-state index in [1.54, 1.807) is 24.3 Å². The van der Waals surface area contributed by atoms with Crippen molar-refractivity contribution in [2.45, 2.75) is 6.04 Å². The minimum Gasteiger partial charge on any atom is -0.344 e. The maximum Gasteiger partial charge on any atom is 0.254 e. The van der Waals surface area contributed by atoms with Crippen LogP contribution in [0.4, 0.5) is 8.78 Å². The van der Waals surface area contributed by atoms with Crippen LogP contribution in [0.15, 0.2) is 48.5 Å². The van der Waals surface area contributed by atoms with E-state index < -0.39 is 34.4 Å². The van der Waals surface area contributed by atoms with E-state index in [2.05, 4.69) is 5.32 Å². The Hall–Kier alpha value is -2.08. The molecule has 0 unspecified atom stereocenters. The first-order chi connectivity index (χ1) is 10.5. The van der Waals surface area contributed by atoms with E-state index >= 15 is 0 Å². The Balaban J connectivity index is 2.25. The summed E-state index contributed by atoms with van der Waals surface area (Å²) in [4.78, 5) is 12.2. The molecule has 2 rings (SSSR count). The monoisotopic (exact) mass is 323 g/mol. The minimum atomic E-state index is -1.19. The molecule has 2 aromatic carbocycles. The fourth-order valence-corrected chi connectivity index (χ4v) is 2.80. The predicted molar refractivity (Wildman–Crippen MR) is 81.9 cm³/mol. The van der Waals surface area contributed by atoms with Crippen molar-refractivity contribution in [2.24, 2.45) is 0 Å². The molecule has 0 aliphatic heterocycles. The van der Waals surface area contributed by atoms with Gasteiger partial charge in [-0.05, 0) is 17.7 Å². The van der Waals surface area contributed by atoms with E-state index in [0.29, 0.717) is 0 Å². The normalized spacial score (nSPS) is 13.4. The molecule has 2 atom stereocenters. The van der Waals surface area contributed by atoms with Crippen LogP contribution in [0, 0.1) is 11.6 Å². The summed E-state index contributed by atoms with van der Waals surface area (Å²) in [7, 11) is -1.16. The molecule has 0 heterocycles. The van der Waals surface area contributed by atoms with Gasteiger partial charge in [-0.1, -0.05) is 36.4 Å². The molecule has 3 nitrogen and oxygen atoms in total. The molecule has 6 heteroatoms. The van der Waals surface area contributed by atoms with Crippen LogP contribution in [0.5, 0.6) is 0 Å². The molecule has 1 N–H and O–H groups in total. The van der Waals surface area contributed by atoms with Crippen LogP contribution in [0.1, 0.15) is 22.0 Å². The highest BCUT2D eigenvalue weighted by Crippen LogP contribution is 2.17. The summed E-state index contributed by atoms with van der Waals surface area (Å²) in [5.41, 5.74) is 0.380. The maximum atomic E-state index is 13.7. The maximum absolute atomic E-state index is 13.7. The van der Waals surface area contributed by atoms with Gasteiger partial charge in [-0.25, -0.2) is 8.78 Å². The van der Waals surface area contributed by atoms with E-state index in [1.807, 2.05) is 6.07 Å². The van der Waals surface area contributed by atoms with Crippen LogP contribution in [-0.4, -0.2) is 22.1 Å². The number of rotatable bonds is 5. The number of hydrogen-bond donors (Lipinski definition) is 1. The van der Waals surface area contributed by atoms with Crippen LogP contribution < -0.4 is 5.32 Å². The summed E-state index contributed by atoms with van der Waals surface area (Å²) in [6, 6.07) is 11.8. The Bertz CT molecular complexity index is 692. The minimum absolute atomic E-state index is 0.187. The molecular formula is C16H15F2NO2S. The molecule has 0 bridgehead atoms. The van der Waals surface area contributed by atoms with Crippen LogP contribution in [-0.2, 0) is 10.8 Å². The van der Waals surface area contributed by atoms with Gasteiger partial charge in [0.1, 0.15) is 0 Å². The number of benzene rings is 2. The Labute approximate surface area is 129 Å². The fourth-order valence-electron chi connectivity index (χ4n) is 2.06. The third kappa shape index (κ3) is 3.98. The topological polar surface area (TPSA) is 46.2 Å². The number of carbonyl (C=O) groups is 1.